The highest BCUT2D eigenvalue weighted by molar-refractivity contribution is 5.37. The number of hydrogen-bond donors (Lipinski definition) is 1. The molecule has 0 aliphatic carbocycles. The maximum absolute atomic E-state index is 5.41. The lowest BCUT2D eigenvalue weighted by molar-refractivity contribution is 0.409. The van der Waals surface area contributed by atoms with Crippen molar-refractivity contribution in [3.63, 3.8) is 0 Å². The first-order chi connectivity index (χ1) is 9.22. The highest BCUT2D eigenvalue weighted by Crippen LogP contribution is 2.26. The van der Waals surface area contributed by atoms with E-state index in [0.717, 1.165) is 5.75 Å². The van der Waals surface area contributed by atoms with Gasteiger partial charge in [-0.1, -0.05) is 51.2 Å². The van der Waals surface area contributed by atoms with E-state index in [1.54, 1.807) is 7.11 Å². The molecule has 2 nitrogen and oxygen atoms in total. The summed E-state index contributed by atoms with van der Waals surface area (Å²) in [6.07, 6.45) is 7.88. The standard InChI is InChI=1S/C17H29NO/c1-5-6-7-8-9-10-16(18-3)15-12-11-14(2)17(13-15)19-4/h11-13,16,18H,5-10H2,1-4H3. The van der Waals surface area contributed by atoms with Gasteiger partial charge in [0.05, 0.1) is 7.11 Å². The Morgan fingerprint density at radius 2 is 1.89 bits per heavy atom. The fraction of sp³-hybridized carbons (Fsp3) is 0.647. The van der Waals surface area contributed by atoms with Gasteiger partial charge in [0.2, 0.25) is 0 Å². The van der Waals surface area contributed by atoms with Crippen LogP contribution in [0.4, 0.5) is 0 Å². The molecule has 0 aliphatic heterocycles. The zero-order valence-corrected chi connectivity index (χ0v) is 13.0. The molecule has 1 unspecified atom stereocenters. The number of methoxy groups -OCH3 is 1. The molecule has 1 aromatic carbocycles. The molecule has 1 aromatic rings. The van der Waals surface area contributed by atoms with Crippen LogP contribution in [0.3, 0.4) is 0 Å². The second-order valence-corrected chi connectivity index (χ2v) is 5.27. The maximum atomic E-state index is 5.41. The van der Waals surface area contributed by atoms with Gasteiger partial charge in [-0.3, -0.25) is 0 Å². The number of nitrogens with one attached hydrogen (secondary N) is 1. The van der Waals surface area contributed by atoms with Crippen LogP contribution in [0.2, 0.25) is 0 Å². The first kappa shape index (κ1) is 16.0. The Hall–Kier alpha value is -1.02. The van der Waals surface area contributed by atoms with E-state index in [-0.39, 0.29) is 0 Å². The van der Waals surface area contributed by atoms with E-state index in [1.165, 1.54) is 49.7 Å². The zero-order valence-electron chi connectivity index (χ0n) is 13.0. The van der Waals surface area contributed by atoms with Crippen LogP contribution in [-0.2, 0) is 0 Å². The lowest BCUT2D eigenvalue weighted by Gasteiger charge is -2.18. The summed E-state index contributed by atoms with van der Waals surface area (Å²) >= 11 is 0. The van der Waals surface area contributed by atoms with Gasteiger partial charge in [-0.2, -0.15) is 0 Å². The summed E-state index contributed by atoms with van der Waals surface area (Å²) in [6.45, 7) is 4.34. The topological polar surface area (TPSA) is 21.3 Å². The van der Waals surface area contributed by atoms with Crippen LogP contribution in [0.5, 0.6) is 5.75 Å². The molecule has 0 aromatic heterocycles. The summed E-state index contributed by atoms with van der Waals surface area (Å²) < 4.78 is 5.41. The van der Waals surface area contributed by atoms with Crippen LogP contribution in [0.25, 0.3) is 0 Å². The molecule has 19 heavy (non-hydrogen) atoms. The normalized spacial score (nSPS) is 12.4. The Morgan fingerprint density at radius 1 is 1.16 bits per heavy atom. The summed E-state index contributed by atoms with van der Waals surface area (Å²) in [6, 6.07) is 6.97. The van der Waals surface area contributed by atoms with E-state index in [2.05, 4.69) is 37.4 Å². The minimum absolute atomic E-state index is 0.441. The summed E-state index contributed by atoms with van der Waals surface area (Å²) in [5.41, 5.74) is 2.53. The molecule has 0 radical (unpaired) electrons. The number of aryl methyl sites for hydroxylation is 1. The molecule has 0 fully saturated rings. The third kappa shape index (κ3) is 5.23. The molecule has 0 heterocycles. The molecule has 1 rings (SSSR count). The van der Waals surface area contributed by atoms with Gasteiger partial charge >= 0.3 is 0 Å². The second-order valence-electron chi connectivity index (χ2n) is 5.27. The molecule has 0 spiro atoms. The van der Waals surface area contributed by atoms with Crippen molar-refractivity contribution in [2.24, 2.45) is 0 Å². The van der Waals surface area contributed by atoms with Crippen LogP contribution in [0.1, 0.15) is 62.6 Å². The van der Waals surface area contributed by atoms with E-state index < -0.39 is 0 Å². The molecule has 0 saturated heterocycles. The van der Waals surface area contributed by atoms with Crippen LogP contribution in [0, 0.1) is 6.92 Å². The highest BCUT2D eigenvalue weighted by atomic mass is 16.5. The van der Waals surface area contributed by atoms with E-state index in [4.69, 9.17) is 4.74 Å². The van der Waals surface area contributed by atoms with Gasteiger partial charge in [0, 0.05) is 6.04 Å². The molecule has 1 N–H and O–H groups in total. The predicted octanol–water partition coefficient (Wildman–Crippen LogP) is 4.62. The van der Waals surface area contributed by atoms with Gasteiger partial charge in [-0.25, -0.2) is 0 Å². The van der Waals surface area contributed by atoms with Gasteiger partial charge in [0.25, 0.3) is 0 Å². The third-order valence-corrected chi connectivity index (χ3v) is 3.78. The molecular weight excluding hydrogens is 234 g/mol. The van der Waals surface area contributed by atoms with E-state index in [0.29, 0.717) is 6.04 Å². The van der Waals surface area contributed by atoms with Crippen molar-refractivity contribution in [1.82, 2.24) is 5.32 Å². The summed E-state index contributed by atoms with van der Waals surface area (Å²) in [4.78, 5) is 0. The number of ether oxygens (including phenoxy) is 1. The Bertz CT molecular complexity index is 362. The monoisotopic (exact) mass is 263 g/mol. The van der Waals surface area contributed by atoms with Crippen LogP contribution in [-0.4, -0.2) is 14.2 Å². The maximum Gasteiger partial charge on any atom is 0.122 e. The molecule has 2 heteroatoms. The Labute approximate surface area is 118 Å². The molecular formula is C17H29NO. The smallest absolute Gasteiger partial charge is 0.122 e. The first-order valence-electron chi connectivity index (χ1n) is 7.54. The van der Waals surface area contributed by atoms with Gasteiger partial charge < -0.3 is 10.1 Å². The van der Waals surface area contributed by atoms with Gasteiger partial charge in [0.15, 0.2) is 0 Å². The largest absolute Gasteiger partial charge is 0.496 e. The minimum Gasteiger partial charge on any atom is -0.496 e. The molecule has 1 atom stereocenters. The van der Waals surface area contributed by atoms with Crippen molar-refractivity contribution in [3.8, 4) is 5.75 Å². The molecule has 0 aliphatic rings. The lowest BCUT2D eigenvalue weighted by Crippen LogP contribution is -2.16. The number of unbranched alkanes of at least 4 members (excludes halogenated alkanes) is 4. The fourth-order valence-electron chi connectivity index (χ4n) is 2.48. The van der Waals surface area contributed by atoms with Crippen molar-refractivity contribution in [2.75, 3.05) is 14.2 Å². The Balaban J connectivity index is 2.54. The number of benzene rings is 1. The predicted molar refractivity (Wildman–Crippen MR) is 82.9 cm³/mol. The summed E-state index contributed by atoms with van der Waals surface area (Å²) in [5, 5.41) is 3.42. The van der Waals surface area contributed by atoms with Crippen molar-refractivity contribution in [1.29, 1.82) is 0 Å². The molecule has 0 amide bonds. The number of hydrogen-bond acceptors (Lipinski definition) is 2. The SMILES string of the molecule is CCCCCCCC(NC)c1ccc(C)c(OC)c1. The van der Waals surface area contributed by atoms with E-state index in [1.807, 2.05) is 7.05 Å². The van der Waals surface area contributed by atoms with Crippen LogP contribution >= 0.6 is 0 Å². The molecule has 108 valence electrons. The van der Waals surface area contributed by atoms with Crippen LogP contribution < -0.4 is 10.1 Å². The quantitative estimate of drug-likeness (QED) is 0.656. The lowest BCUT2D eigenvalue weighted by atomic mass is 9.98. The van der Waals surface area contributed by atoms with Crippen molar-refractivity contribution in [3.05, 3.63) is 29.3 Å². The van der Waals surface area contributed by atoms with Crippen molar-refractivity contribution < 1.29 is 4.74 Å². The fourth-order valence-corrected chi connectivity index (χ4v) is 2.48. The Morgan fingerprint density at radius 3 is 2.53 bits per heavy atom. The number of rotatable bonds is 9. The minimum atomic E-state index is 0.441. The molecule has 0 saturated carbocycles. The third-order valence-electron chi connectivity index (χ3n) is 3.78. The first-order valence-corrected chi connectivity index (χ1v) is 7.54. The second kappa shape index (κ2) is 8.98. The van der Waals surface area contributed by atoms with Gasteiger partial charge in [-0.15, -0.1) is 0 Å². The highest BCUT2D eigenvalue weighted by Gasteiger charge is 2.10. The van der Waals surface area contributed by atoms with E-state index >= 15 is 0 Å². The average Bonchev–Trinajstić information content (AvgIpc) is 2.44. The van der Waals surface area contributed by atoms with Crippen molar-refractivity contribution in [2.45, 2.75) is 58.4 Å². The van der Waals surface area contributed by atoms with E-state index in [9.17, 15) is 0 Å². The van der Waals surface area contributed by atoms with Gasteiger partial charge in [0.1, 0.15) is 5.75 Å². The van der Waals surface area contributed by atoms with Gasteiger partial charge in [-0.05, 0) is 37.6 Å². The van der Waals surface area contributed by atoms with Crippen molar-refractivity contribution >= 4 is 0 Å². The summed E-state index contributed by atoms with van der Waals surface area (Å²) in [5.74, 6) is 0.990. The Kier molecular flexibility index (Phi) is 7.57. The molecule has 0 bridgehead atoms. The average molecular weight is 263 g/mol. The summed E-state index contributed by atoms with van der Waals surface area (Å²) in [7, 11) is 3.79. The zero-order chi connectivity index (χ0) is 14.1. The van der Waals surface area contributed by atoms with Crippen LogP contribution in [0.15, 0.2) is 18.2 Å².